The summed E-state index contributed by atoms with van der Waals surface area (Å²) >= 11 is 1.48. The highest BCUT2D eigenvalue weighted by atomic mass is 32.2. The number of carbonyl (C=O) groups is 1. The van der Waals surface area contributed by atoms with Crippen molar-refractivity contribution in [2.75, 3.05) is 17.7 Å². The van der Waals surface area contributed by atoms with E-state index in [2.05, 4.69) is 17.3 Å². The first kappa shape index (κ1) is 22.2. The fourth-order valence-corrected chi connectivity index (χ4v) is 5.22. The van der Waals surface area contributed by atoms with E-state index in [4.69, 9.17) is 9.72 Å². The third-order valence-electron chi connectivity index (χ3n) is 5.99. The molecule has 0 saturated carbocycles. The van der Waals surface area contributed by atoms with Crippen molar-refractivity contribution in [1.82, 2.24) is 19.3 Å². The SMILES string of the molecule is CCOc1ccccc1NC(=O)CC1CSc2nc3c(cnn3-c3ccc(C)c(C)c3)c(=O)n21. The van der Waals surface area contributed by atoms with Crippen molar-refractivity contribution >= 4 is 34.4 Å². The van der Waals surface area contributed by atoms with Crippen LogP contribution in [0.1, 0.15) is 30.5 Å². The van der Waals surface area contributed by atoms with Crippen LogP contribution in [-0.4, -0.2) is 37.6 Å². The fourth-order valence-electron chi connectivity index (χ4n) is 4.09. The monoisotopic (exact) mass is 475 g/mol. The molecule has 8 nitrogen and oxygen atoms in total. The lowest BCUT2D eigenvalue weighted by atomic mass is 10.1. The van der Waals surface area contributed by atoms with Gasteiger partial charge in [0.05, 0.1) is 30.2 Å². The van der Waals surface area contributed by atoms with Crippen LogP contribution in [0.5, 0.6) is 5.75 Å². The van der Waals surface area contributed by atoms with Crippen LogP contribution < -0.4 is 15.6 Å². The molecule has 0 radical (unpaired) electrons. The van der Waals surface area contributed by atoms with Gasteiger partial charge in [-0.05, 0) is 56.2 Å². The number of para-hydroxylation sites is 2. The maximum atomic E-state index is 13.4. The largest absolute Gasteiger partial charge is 0.492 e. The summed E-state index contributed by atoms with van der Waals surface area (Å²) in [6.45, 7) is 6.50. The number of anilines is 1. The van der Waals surface area contributed by atoms with E-state index in [1.165, 1.54) is 17.3 Å². The molecule has 34 heavy (non-hydrogen) atoms. The van der Waals surface area contributed by atoms with E-state index in [-0.39, 0.29) is 23.9 Å². The van der Waals surface area contributed by atoms with Crippen molar-refractivity contribution in [2.24, 2.45) is 0 Å². The Labute approximate surface area is 201 Å². The lowest BCUT2D eigenvalue weighted by molar-refractivity contribution is -0.116. The number of nitrogens with zero attached hydrogens (tertiary/aromatic N) is 4. The zero-order valence-corrected chi connectivity index (χ0v) is 20.1. The molecule has 2 aromatic carbocycles. The molecule has 0 fully saturated rings. The van der Waals surface area contributed by atoms with Gasteiger partial charge in [0.15, 0.2) is 10.8 Å². The number of hydrogen-bond donors (Lipinski definition) is 1. The van der Waals surface area contributed by atoms with Crippen molar-refractivity contribution in [3.8, 4) is 11.4 Å². The lowest BCUT2D eigenvalue weighted by Crippen LogP contribution is -2.27. The van der Waals surface area contributed by atoms with E-state index < -0.39 is 0 Å². The van der Waals surface area contributed by atoms with Crippen LogP contribution in [0.15, 0.2) is 58.6 Å². The number of amides is 1. The highest BCUT2D eigenvalue weighted by molar-refractivity contribution is 7.99. The highest BCUT2D eigenvalue weighted by Gasteiger charge is 2.30. The molecule has 174 valence electrons. The second kappa shape index (κ2) is 8.98. The first-order valence-corrected chi connectivity index (χ1v) is 12.2. The molecule has 0 spiro atoms. The Morgan fingerprint density at radius 2 is 2.03 bits per heavy atom. The van der Waals surface area contributed by atoms with Gasteiger partial charge in [-0.1, -0.05) is 30.0 Å². The van der Waals surface area contributed by atoms with Gasteiger partial charge in [-0.15, -0.1) is 0 Å². The molecule has 1 atom stereocenters. The third kappa shape index (κ3) is 3.96. The summed E-state index contributed by atoms with van der Waals surface area (Å²) in [5.74, 6) is 1.05. The Kier molecular flexibility index (Phi) is 5.87. The molecule has 0 saturated heterocycles. The second-order valence-electron chi connectivity index (χ2n) is 8.28. The number of hydrogen-bond acceptors (Lipinski definition) is 6. The molecule has 0 aliphatic carbocycles. The number of ether oxygens (including phenoxy) is 1. The van der Waals surface area contributed by atoms with Crippen molar-refractivity contribution in [1.29, 1.82) is 0 Å². The summed E-state index contributed by atoms with van der Waals surface area (Å²) in [5, 5.41) is 8.41. The number of aromatic nitrogens is 4. The van der Waals surface area contributed by atoms with Crippen LogP contribution in [0.3, 0.4) is 0 Å². The minimum Gasteiger partial charge on any atom is -0.492 e. The number of aryl methyl sites for hydroxylation is 2. The van der Waals surface area contributed by atoms with Crippen LogP contribution in [0.25, 0.3) is 16.7 Å². The molecule has 5 rings (SSSR count). The van der Waals surface area contributed by atoms with Crippen molar-refractivity contribution in [3.63, 3.8) is 0 Å². The minimum absolute atomic E-state index is 0.166. The van der Waals surface area contributed by atoms with Gasteiger partial charge < -0.3 is 10.1 Å². The molecule has 9 heteroatoms. The first-order valence-electron chi connectivity index (χ1n) is 11.2. The molecule has 0 bridgehead atoms. The standard InChI is InChI=1S/C25H25N5O3S/c1-4-33-21-8-6-5-7-20(21)27-22(31)12-18-14-34-25-28-23-19(24(32)29(18)25)13-26-30(23)17-10-9-15(2)16(3)11-17/h5-11,13,18H,4,12,14H2,1-3H3,(H,27,31). The first-order chi connectivity index (χ1) is 16.5. The molecule has 1 unspecified atom stereocenters. The van der Waals surface area contributed by atoms with E-state index >= 15 is 0 Å². The van der Waals surface area contributed by atoms with Crippen LogP contribution in [-0.2, 0) is 4.79 Å². The van der Waals surface area contributed by atoms with Gasteiger partial charge in [0.2, 0.25) is 5.91 Å². The van der Waals surface area contributed by atoms with Crippen LogP contribution >= 0.6 is 11.8 Å². The van der Waals surface area contributed by atoms with Gasteiger partial charge in [0.25, 0.3) is 5.56 Å². The summed E-state index contributed by atoms with van der Waals surface area (Å²) in [6, 6.07) is 13.1. The van der Waals surface area contributed by atoms with E-state index in [0.29, 0.717) is 40.0 Å². The van der Waals surface area contributed by atoms with Gasteiger partial charge in [-0.3, -0.25) is 14.2 Å². The van der Waals surface area contributed by atoms with Crippen LogP contribution in [0, 0.1) is 13.8 Å². The van der Waals surface area contributed by atoms with Gasteiger partial charge in [-0.25, -0.2) is 9.67 Å². The average Bonchev–Trinajstić information content (AvgIpc) is 3.42. The normalized spacial score (nSPS) is 14.9. The van der Waals surface area contributed by atoms with Gasteiger partial charge in [0.1, 0.15) is 11.1 Å². The van der Waals surface area contributed by atoms with E-state index in [1.54, 1.807) is 21.5 Å². The molecular weight excluding hydrogens is 450 g/mol. The Bertz CT molecular complexity index is 1460. The number of nitrogens with one attached hydrogen (secondary N) is 1. The Morgan fingerprint density at radius 1 is 1.21 bits per heavy atom. The molecule has 1 aliphatic rings. The number of rotatable bonds is 6. The molecular formula is C25H25N5O3S. The van der Waals surface area contributed by atoms with E-state index in [9.17, 15) is 9.59 Å². The molecule has 1 aliphatic heterocycles. The quantitative estimate of drug-likeness (QED) is 0.419. The van der Waals surface area contributed by atoms with Gasteiger partial charge >= 0.3 is 0 Å². The fraction of sp³-hybridized carbons (Fsp3) is 0.280. The number of fused-ring (bicyclic) bond motifs is 2. The second-order valence-corrected chi connectivity index (χ2v) is 9.27. The summed E-state index contributed by atoms with van der Waals surface area (Å²) in [4.78, 5) is 31.0. The van der Waals surface area contributed by atoms with E-state index in [1.807, 2.05) is 50.2 Å². The molecule has 1 N–H and O–H groups in total. The zero-order chi connectivity index (χ0) is 23.8. The molecule has 4 aromatic rings. The van der Waals surface area contributed by atoms with Crippen molar-refractivity contribution in [2.45, 2.75) is 38.4 Å². The Hall–Kier alpha value is -3.59. The minimum atomic E-state index is -0.284. The van der Waals surface area contributed by atoms with Crippen molar-refractivity contribution < 1.29 is 9.53 Å². The number of thioether (sulfide) groups is 1. The lowest BCUT2D eigenvalue weighted by Gasteiger charge is -2.15. The molecule has 1 amide bonds. The van der Waals surface area contributed by atoms with Gasteiger partial charge in [0, 0.05) is 12.2 Å². The van der Waals surface area contributed by atoms with Crippen LogP contribution in [0.2, 0.25) is 0 Å². The van der Waals surface area contributed by atoms with Crippen LogP contribution in [0.4, 0.5) is 5.69 Å². The number of carbonyl (C=O) groups excluding carboxylic acids is 1. The summed E-state index contributed by atoms with van der Waals surface area (Å²) in [5.41, 5.74) is 4.17. The predicted octanol–water partition coefficient (Wildman–Crippen LogP) is 4.27. The summed E-state index contributed by atoms with van der Waals surface area (Å²) in [7, 11) is 0. The number of benzene rings is 2. The summed E-state index contributed by atoms with van der Waals surface area (Å²) < 4.78 is 8.93. The summed E-state index contributed by atoms with van der Waals surface area (Å²) in [6.07, 6.45) is 1.73. The smallest absolute Gasteiger partial charge is 0.265 e. The third-order valence-corrected chi connectivity index (χ3v) is 7.09. The molecule has 3 heterocycles. The highest BCUT2D eigenvalue weighted by Crippen LogP contribution is 2.34. The topological polar surface area (TPSA) is 91.0 Å². The zero-order valence-electron chi connectivity index (χ0n) is 19.2. The maximum absolute atomic E-state index is 13.4. The van der Waals surface area contributed by atoms with Gasteiger partial charge in [-0.2, -0.15) is 5.10 Å². The molecule has 2 aromatic heterocycles. The van der Waals surface area contributed by atoms with Crippen molar-refractivity contribution in [3.05, 3.63) is 70.1 Å². The Morgan fingerprint density at radius 3 is 2.82 bits per heavy atom. The average molecular weight is 476 g/mol. The predicted molar refractivity (Wildman–Crippen MR) is 133 cm³/mol. The maximum Gasteiger partial charge on any atom is 0.265 e. The Balaban J connectivity index is 1.43. The van der Waals surface area contributed by atoms with E-state index in [0.717, 1.165) is 11.3 Å².